The Hall–Kier alpha value is -3.49. The van der Waals surface area contributed by atoms with Gasteiger partial charge in [-0.1, -0.05) is 40.7 Å². The Bertz CT molecular complexity index is 1330. The molecule has 0 aliphatic carbocycles. The molecule has 1 aliphatic rings. The first-order chi connectivity index (χ1) is 15.9. The van der Waals surface area contributed by atoms with Gasteiger partial charge in [0.05, 0.1) is 17.8 Å². The van der Waals surface area contributed by atoms with E-state index in [9.17, 15) is 14.4 Å². The topological polar surface area (TPSA) is 102 Å². The monoisotopic (exact) mass is 464 g/mol. The fourth-order valence-corrected chi connectivity index (χ4v) is 4.07. The van der Waals surface area contributed by atoms with E-state index in [1.807, 2.05) is 54.5 Å². The van der Waals surface area contributed by atoms with Gasteiger partial charge in [-0.25, -0.2) is 4.98 Å². The average molecular weight is 465 g/mol. The molecule has 2 amide bonds. The van der Waals surface area contributed by atoms with Gasteiger partial charge in [-0.05, 0) is 31.4 Å². The molecule has 0 saturated heterocycles. The number of aromatic nitrogens is 4. The van der Waals surface area contributed by atoms with Crippen LogP contribution in [0.5, 0.6) is 0 Å². The van der Waals surface area contributed by atoms with Gasteiger partial charge < -0.3 is 14.8 Å². The van der Waals surface area contributed by atoms with Crippen LogP contribution in [0, 0.1) is 12.8 Å². The summed E-state index contributed by atoms with van der Waals surface area (Å²) in [7, 11) is 0. The number of anilines is 1. The van der Waals surface area contributed by atoms with Crippen LogP contribution in [-0.4, -0.2) is 41.9 Å². The van der Waals surface area contributed by atoms with Crippen LogP contribution in [0.4, 0.5) is 5.82 Å². The minimum absolute atomic E-state index is 0.0595. The van der Waals surface area contributed by atoms with Crippen molar-refractivity contribution >= 4 is 23.3 Å². The number of fused-ring (bicyclic) bond motifs is 2. The van der Waals surface area contributed by atoms with Gasteiger partial charge in [0.15, 0.2) is 0 Å². The van der Waals surface area contributed by atoms with E-state index in [-0.39, 0.29) is 53.5 Å². The zero-order chi connectivity index (χ0) is 24.9. The van der Waals surface area contributed by atoms with Gasteiger partial charge in [-0.2, -0.15) is 9.61 Å². The first kappa shape index (κ1) is 23.7. The maximum absolute atomic E-state index is 13.5. The average Bonchev–Trinajstić information content (AvgIpc) is 3.35. The molecule has 9 nitrogen and oxygen atoms in total. The van der Waals surface area contributed by atoms with E-state index in [1.54, 1.807) is 27.8 Å². The van der Waals surface area contributed by atoms with Crippen molar-refractivity contribution in [2.24, 2.45) is 5.92 Å². The predicted molar refractivity (Wildman–Crippen MR) is 130 cm³/mol. The van der Waals surface area contributed by atoms with Crippen LogP contribution in [0.1, 0.15) is 68.9 Å². The summed E-state index contributed by atoms with van der Waals surface area (Å²) >= 11 is 0. The molecule has 0 aromatic carbocycles. The number of pyridine rings is 1. The number of nitrogens with zero attached hydrogens (tertiary/aromatic N) is 5. The SMILES string of the molecule is Cc1ccc(NC(=O)Cn2c3c(c(=O)n4nc(C(C)(C)C)cc24)CN([C@@H](C)C(C)C)C3=O)nc1. The Kier molecular flexibility index (Phi) is 5.83. The molecule has 0 spiro atoms. The Labute approximate surface area is 198 Å². The molecular weight excluding hydrogens is 432 g/mol. The number of carbonyl (C=O) groups excluding carboxylic acids is 2. The van der Waals surface area contributed by atoms with Crippen molar-refractivity contribution in [1.29, 1.82) is 0 Å². The molecule has 0 saturated carbocycles. The van der Waals surface area contributed by atoms with E-state index in [1.165, 1.54) is 4.52 Å². The standard InChI is InChI=1S/C25H32N6O3/c1-14(2)16(4)29-12-17-22(24(29)34)30(13-20(32)27-19-9-8-15(3)11-26-19)21-10-18(25(5,6)7)28-31(21)23(17)33/h8-11,14,16H,12-13H2,1-7H3,(H,26,27,32)/t16-/m0/s1. The lowest BCUT2D eigenvalue weighted by molar-refractivity contribution is -0.116. The molecule has 0 fully saturated rings. The number of nitrogens with one attached hydrogen (secondary N) is 1. The van der Waals surface area contributed by atoms with Crippen LogP contribution in [-0.2, 0) is 23.3 Å². The predicted octanol–water partition coefficient (Wildman–Crippen LogP) is 3.14. The van der Waals surface area contributed by atoms with Crippen LogP contribution in [0.25, 0.3) is 5.65 Å². The highest BCUT2D eigenvalue weighted by Crippen LogP contribution is 2.28. The maximum atomic E-state index is 13.5. The summed E-state index contributed by atoms with van der Waals surface area (Å²) in [5, 5.41) is 7.35. The van der Waals surface area contributed by atoms with Gasteiger partial charge in [-0.15, -0.1) is 0 Å². The van der Waals surface area contributed by atoms with Gasteiger partial charge in [0.2, 0.25) is 5.91 Å². The minimum Gasteiger partial charge on any atom is -0.330 e. The third-order valence-corrected chi connectivity index (χ3v) is 6.47. The van der Waals surface area contributed by atoms with Crippen molar-refractivity contribution in [3.05, 3.63) is 57.3 Å². The lowest BCUT2D eigenvalue weighted by atomic mass is 9.93. The Morgan fingerprint density at radius 2 is 1.88 bits per heavy atom. The van der Waals surface area contributed by atoms with E-state index in [4.69, 9.17) is 0 Å². The van der Waals surface area contributed by atoms with E-state index < -0.39 is 0 Å². The molecule has 3 aromatic heterocycles. The normalized spacial score (nSPS) is 14.7. The van der Waals surface area contributed by atoms with E-state index in [2.05, 4.69) is 15.4 Å². The van der Waals surface area contributed by atoms with Crippen molar-refractivity contribution in [3.8, 4) is 0 Å². The van der Waals surface area contributed by atoms with Crippen molar-refractivity contribution in [2.75, 3.05) is 5.32 Å². The van der Waals surface area contributed by atoms with Crippen LogP contribution in [0.3, 0.4) is 0 Å². The van der Waals surface area contributed by atoms with Gasteiger partial charge in [0.1, 0.15) is 23.7 Å². The Morgan fingerprint density at radius 3 is 2.47 bits per heavy atom. The molecule has 1 N–H and O–H groups in total. The molecule has 4 rings (SSSR count). The maximum Gasteiger partial charge on any atom is 0.280 e. The fourth-order valence-electron chi connectivity index (χ4n) is 4.07. The van der Waals surface area contributed by atoms with Gasteiger partial charge in [0.25, 0.3) is 11.5 Å². The van der Waals surface area contributed by atoms with Crippen LogP contribution in [0.2, 0.25) is 0 Å². The number of rotatable bonds is 5. The summed E-state index contributed by atoms with van der Waals surface area (Å²) in [5.74, 6) is 0.0604. The molecule has 0 radical (unpaired) electrons. The van der Waals surface area contributed by atoms with E-state index >= 15 is 0 Å². The highest BCUT2D eigenvalue weighted by atomic mass is 16.2. The summed E-state index contributed by atoms with van der Waals surface area (Å²) in [4.78, 5) is 45.9. The van der Waals surface area contributed by atoms with Crippen LogP contribution in [0.15, 0.2) is 29.2 Å². The van der Waals surface area contributed by atoms with Gasteiger partial charge in [0, 0.05) is 23.7 Å². The Morgan fingerprint density at radius 1 is 1.18 bits per heavy atom. The second kappa shape index (κ2) is 8.38. The summed E-state index contributed by atoms with van der Waals surface area (Å²) in [6, 6.07) is 5.32. The lowest BCUT2D eigenvalue weighted by Gasteiger charge is -2.27. The summed E-state index contributed by atoms with van der Waals surface area (Å²) in [5.41, 5.74) is 2.13. The minimum atomic E-state index is -0.342. The fraction of sp³-hybridized carbons (Fsp3) is 0.480. The second-order valence-corrected chi connectivity index (χ2v) is 10.5. The molecule has 34 heavy (non-hydrogen) atoms. The zero-order valence-corrected chi connectivity index (χ0v) is 20.8. The summed E-state index contributed by atoms with van der Waals surface area (Å²) in [6.07, 6.45) is 1.67. The molecule has 180 valence electrons. The first-order valence-electron chi connectivity index (χ1n) is 11.6. The third-order valence-electron chi connectivity index (χ3n) is 6.47. The number of carbonyl (C=O) groups is 2. The molecular formula is C25H32N6O3. The molecule has 1 atom stereocenters. The van der Waals surface area contributed by atoms with Crippen molar-refractivity contribution in [2.45, 2.75) is 73.0 Å². The number of hydrogen-bond acceptors (Lipinski definition) is 5. The molecule has 3 aromatic rings. The number of aryl methyl sites for hydroxylation is 1. The highest BCUT2D eigenvalue weighted by molar-refractivity contribution is 5.98. The van der Waals surface area contributed by atoms with E-state index in [0.29, 0.717) is 22.7 Å². The van der Waals surface area contributed by atoms with Gasteiger partial charge in [-0.3, -0.25) is 14.4 Å². The van der Waals surface area contributed by atoms with Crippen LogP contribution < -0.4 is 10.9 Å². The highest BCUT2D eigenvalue weighted by Gasteiger charge is 2.38. The smallest absolute Gasteiger partial charge is 0.280 e. The molecule has 4 heterocycles. The van der Waals surface area contributed by atoms with Crippen LogP contribution >= 0.6 is 0 Å². The molecule has 0 unspecified atom stereocenters. The second-order valence-electron chi connectivity index (χ2n) is 10.5. The molecule has 0 bridgehead atoms. The zero-order valence-electron chi connectivity index (χ0n) is 20.8. The third kappa shape index (κ3) is 4.10. The number of amides is 2. The first-order valence-corrected chi connectivity index (χ1v) is 11.6. The quantitative estimate of drug-likeness (QED) is 0.625. The summed E-state index contributed by atoms with van der Waals surface area (Å²) in [6.45, 7) is 14.0. The largest absolute Gasteiger partial charge is 0.330 e. The lowest BCUT2D eigenvalue weighted by Crippen LogP contribution is -2.37. The number of hydrogen-bond donors (Lipinski definition) is 1. The summed E-state index contributed by atoms with van der Waals surface area (Å²) < 4.78 is 2.95. The molecule has 9 heteroatoms. The van der Waals surface area contributed by atoms with Crippen molar-refractivity contribution < 1.29 is 9.59 Å². The van der Waals surface area contributed by atoms with Crippen molar-refractivity contribution in [1.82, 2.24) is 24.1 Å². The van der Waals surface area contributed by atoms with Gasteiger partial charge >= 0.3 is 0 Å². The Balaban J connectivity index is 1.83. The van der Waals surface area contributed by atoms with Crippen molar-refractivity contribution in [3.63, 3.8) is 0 Å². The van der Waals surface area contributed by atoms with E-state index in [0.717, 1.165) is 5.56 Å². The molecule has 1 aliphatic heterocycles.